The molecule has 0 fully saturated rings. The fourth-order valence-corrected chi connectivity index (χ4v) is 1.99. The Morgan fingerprint density at radius 3 is 2.56 bits per heavy atom. The molecule has 0 radical (unpaired) electrons. The van der Waals surface area contributed by atoms with E-state index in [9.17, 15) is 18.6 Å². The largest absolute Gasteiger partial charge is 0.508 e. The lowest BCUT2D eigenvalue weighted by Gasteiger charge is -2.13. The van der Waals surface area contributed by atoms with Crippen LogP contribution in [0.3, 0.4) is 0 Å². The zero-order chi connectivity index (χ0) is 12.3. The van der Waals surface area contributed by atoms with Gasteiger partial charge in [0.15, 0.2) is 9.84 Å². The van der Waals surface area contributed by atoms with Crippen LogP contribution in [0.25, 0.3) is 0 Å². The molecule has 0 saturated heterocycles. The second-order valence-corrected chi connectivity index (χ2v) is 5.58. The molecule has 1 aromatic carbocycles. The average Bonchev–Trinajstić information content (AvgIpc) is 2.16. The van der Waals surface area contributed by atoms with Crippen molar-refractivity contribution in [3.63, 3.8) is 0 Å². The number of phenolic OH excluding ortho intramolecular Hbond substituents is 1. The zero-order valence-electron chi connectivity index (χ0n) is 9.14. The molecule has 1 unspecified atom stereocenters. The SMILES string of the molecule is CNCC(O)c1cc(S(C)(=O)=O)ccc1O. The van der Waals surface area contributed by atoms with E-state index in [0.29, 0.717) is 0 Å². The molecule has 1 atom stereocenters. The van der Waals surface area contributed by atoms with Gasteiger partial charge in [-0.25, -0.2) is 8.42 Å². The fourth-order valence-electron chi connectivity index (χ4n) is 1.33. The van der Waals surface area contributed by atoms with E-state index in [1.165, 1.54) is 18.2 Å². The summed E-state index contributed by atoms with van der Waals surface area (Å²) in [5.74, 6) is -0.116. The van der Waals surface area contributed by atoms with Gasteiger partial charge in [0.25, 0.3) is 0 Å². The summed E-state index contributed by atoms with van der Waals surface area (Å²) >= 11 is 0. The van der Waals surface area contributed by atoms with Crippen molar-refractivity contribution in [3.8, 4) is 5.75 Å². The maximum atomic E-state index is 11.3. The van der Waals surface area contributed by atoms with E-state index in [2.05, 4.69) is 5.32 Å². The van der Waals surface area contributed by atoms with Gasteiger partial charge in [0.05, 0.1) is 11.0 Å². The lowest BCUT2D eigenvalue weighted by Crippen LogP contribution is -2.17. The number of hydrogen-bond donors (Lipinski definition) is 3. The minimum absolute atomic E-state index is 0.0791. The topological polar surface area (TPSA) is 86.6 Å². The summed E-state index contributed by atoms with van der Waals surface area (Å²) in [7, 11) is -1.68. The molecule has 5 nitrogen and oxygen atoms in total. The molecule has 0 amide bonds. The lowest BCUT2D eigenvalue weighted by molar-refractivity contribution is 0.173. The molecule has 1 rings (SSSR count). The quantitative estimate of drug-likeness (QED) is 0.697. The highest BCUT2D eigenvalue weighted by Crippen LogP contribution is 2.26. The van der Waals surface area contributed by atoms with Gasteiger partial charge in [-0.05, 0) is 25.2 Å². The summed E-state index contributed by atoms with van der Waals surface area (Å²) in [6.07, 6.45) is 0.139. The maximum absolute atomic E-state index is 11.3. The number of aliphatic hydroxyl groups excluding tert-OH is 1. The van der Waals surface area contributed by atoms with Crippen LogP contribution in [-0.2, 0) is 9.84 Å². The number of aromatic hydroxyl groups is 1. The van der Waals surface area contributed by atoms with E-state index in [0.717, 1.165) is 6.26 Å². The van der Waals surface area contributed by atoms with E-state index in [1.807, 2.05) is 0 Å². The Morgan fingerprint density at radius 1 is 1.44 bits per heavy atom. The molecule has 16 heavy (non-hydrogen) atoms. The molecule has 0 aliphatic heterocycles. The average molecular weight is 245 g/mol. The zero-order valence-corrected chi connectivity index (χ0v) is 9.95. The van der Waals surface area contributed by atoms with E-state index < -0.39 is 15.9 Å². The van der Waals surface area contributed by atoms with Crippen LogP contribution in [0.2, 0.25) is 0 Å². The van der Waals surface area contributed by atoms with Gasteiger partial charge in [0, 0.05) is 18.4 Å². The summed E-state index contributed by atoms with van der Waals surface area (Å²) < 4.78 is 22.6. The van der Waals surface area contributed by atoms with E-state index in [-0.39, 0.29) is 22.8 Å². The third-order valence-corrected chi connectivity index (χ3v) is 3.29. The predicted molar refractivity (Wildman–Crippen MR) is 60.1 cm³/mol. The summed E-state index contributed by atoms with van der Waals surface area (Å²) in [6.45, 7) is 0.237. The van der Waals surface area contributed by atoms with Crippen molar-refractivity contribution in [1.29, 1.82) is 0 Å². The van der Waals surface area contributed by atoms with Gasteiger partial charge in [-0.3, -0.25) is 0 Å². The molecular formula is C10H15NO4S. The molecule has 0 aliphatic rings. The van der Waals surface area contributed by atoms with Crippen LogP contribution < -0.4 is 5.32 Å². The molecule has 0 aromatic heterocycles. The maximum Gasteiger partial charge on any atom is 0.175 e. The number of benzene rings is 1. The molecule has 1 aromatic rings. The van der Waals surface area contributed by atoms with Crippen molar-refractivity contribution in [1.82, 2.24) is 5.32 Å². The summed E-state index contributed by atoms with van der Waals surface area (Å²) in [5, 5.41) is 21.9. The van der Waals surface area contributed by atoms with Gasteiger partial charge in [0.2, 0.25) is 0 Å². The predicted octanol–water partition coefficient (Wildman–Crippen LogP) is 0.0485. The molecule has 90 valence electrons. The van der Waals surface area contributed by atoms with Crippen molar-refractivity contribution in [2.75, 3.05) is 19.8 Å². The van der Waals surface area contributed by atoms with E-state index in [4.69, 9.17) is 0 Å². The van der Waals surface area contributed by atoms with Gasteiger partial charge in [-0.1, -0.05) is 0 Å². The third-order valence-electron chi connectivity index (χ3n) is 2.18. The Morgan fingerprint density at radius 2 is 2.06 bits per heavy atom. The standard InChI is InChI=1S/C10H15NO4S/c1-11-6-10(13)8-5-7(16(2,14)15)3-4-9(8)12/h3-5,10-13H,6H2,1-2H3. The third kappa shape index (κ3) is 2.94. The second kappa shape index (κ2) is 4.82. The Hall–Kier alpha value is -1.11. The highest BCUT2D eigenvalue weighted by Gasteiger charge is 2.15. The summed E-state index contributed by atoms with van der Waals surface area (Å²) in [5.41, 5.74) is 0.206. The lowest BCUT2D eigenvalue weighted by atomic mass is 10.1. The van der Waals surface area contributed by atoms with Crippen molar-refractivity contribution < 1.29 is 18.6 Å². The number of rotatable bonds is 4. The number of aliphatic hydroxyl groups is 1. The molecule has 3 N–H and O–H groups in total. The van der Waals surface area contributed by atoms with Crippen LogP contribution in [0.4, 0.5) is 0 Å². The van der Waals surface area contributed by atoms with Crippen LogP contribution in [0, 0.1) is 0 Å². The van der Waals surface area contributed by atoms with Crippen molar-refractivity contribution >= 4 is 9.84 Å². The van der Waals surface area contributed by atoms with Gasteiger partial charge in [0.1, 0.15) is 5.75 Å². The van der Waals surface area contributed by atoms with E-state index >= 15 is 0 Å². The molecule has 0 bridgehead atoms. The molecular weight excluding hydrogens is 230 g/mol. The number of nitrogens with one attached hydrogen (secondary N) is 1. The normalized spacial score (nSPS) is 13.7. The first-order chi connectivity index (χ1) is 7.36. The molecule has 0 aliphatic carbocycles. The highest BCUT2D eigenvalue weighted by atomic mass is 32.2. The molecule has 0 heterocycles. The summed E-state index contributed by atoms with van der Waals surface area (Å²) in [6, 6.07) is 3.86. The number of hydrogen-bond acceptors (Lipinski definition) is 5. The van der Waals surface area contributed by atoms with Crippen molar-refractivity contribution in [3.05, 3.63) is 23.8 Å². The molecule has 6 heteroatoms. The number of sulfone groups is 1. The number of phenols is 1. The van der Waals surface area contributed by atoms with Crippen LogP contribution in [0.1, 0.15) is 11.7 Å². The second-order valence-electron chi connectivity index (χ2n) is 3.57. The van der Waals surface area contributed by atoms with Gasteiger partial charge >= 0.3 is 0 Å². The fraction of sp³-hybridized carbons (Fsp3) is 0.400. The minimum Gasteiger partial charge on any atom is -0.508 e. The van der Waals surface area contributed by atoms with Gasteiger partial charge in [-0.2, -0.15) is 0 Å². The summed E-state index contributed by atoms with van der Waals surface area (Å²) in [4.78, 5) is 0.0791. The smallest absolute Gasteiger partial charge is 0.175 e. The monoisotopic (exact) mass is 245 g/mol. The van der Waals surface area contributed by atoms with Crippen LogP contribution >= 0.6 is 0 Å². The minimum atomic E-state index is -3.33. The first-order valence-corrected chi connectivity index (χ1v) is 6.61. The van der Waals surface area contributed by atoms with Crippen LogP contribution in [0.15, 0.2) is 23.1 Å². The van der Waals surface area contributed by atoms with Gasteiger partial charge in [-0.15, -0.1) is 0 Å². The number of likely N-dealkylation sites (N-methyl/N-ethyl adjacent to an activating group) is 1. The Kier molecular flexibility index (Phi) is 3.90. The van der Waals surface area contributed by atoms with Crippen molar-refractivity contribution in [2.45, 2.75) is 11.0 Å². The first kappa shape index (κ1) is 13.0. The highest BCUT2D eigenvalue weighted by molar-refractivity contribution is 7.90. The van der Waals surface area contributed by atoms with Gasteiger partial charge < -0.3 is 15.5 Å². The molecule has 0 saturated carbocycles. The Balaban J connectivity index is 3.19. The Labute approximate surface area is 94.7 Å². The van der Waals surface area contributed by atoms with Crippen LogP contribution in [0.5, 0.6) is 5.75 Å². The van der Waals surface area contributed by atoms with E-state index in [1.54, 1.807) is 7.05 Å². The molecule has 0 spiro atoms. The van der Waals surface area contributed by atoms with Crippen LogP contribution in [-0.4, -0.2) is 38.5 Å². The van der Waals surface area contributed by atoms with Crippen molar-refractivity contribution in [2.24, 2.45) is 0 Å². The first-order valence-electron chi connectivity index (χ1n) is 4.72. The Bertz CT molecular complexity index is 470.